The van der Waals surface area contributed by atoms with Crippen LogP contribution < -0.4 is 0 Å². The molecule has 0 radical (unpaired) electrons. The number of benzene rings is 1. The molecule has 1 fully saturated rings. The first-order valence-corrected chi connectivity index (χ1v) is 7.70. The van der Waals surface area contributed by atoms with Crippen molar-refractivity contribution in [3.8, 4) is 16.3 Å². The second-order valence-electron chi connectivity index (χ2n) is 4.88. The lowest BCUT2D eigenvalue weighted by Crippen LogP contribution is -2.04. The van der Waals surface area contributed by atoms with Gasteiger partial charge in [-0.1, -0.05) is 22.9 Å². The van der Waals surface area contributed by atoms with E-state index < -0.39 is 0 Å². The molecule has 0 amide bonds. The SMILES string of the molecule is Oc1ccc(Cl)cc1-c1nn2c(C3CCOC3)nnc2s1. The van der Waals surface area contributed by atoms with Gasteiger partial charge in [-0.2, -0.15) is 9.61 Å². The van der Waals surface area contributed by atoms with Crippen molar-refractivity contribution in [2.45, 2.75) is 12.3 Å². The van der Waals surface area contributed by atoms with Gasteiger partial charge < -0.3 is 9.84 Å². The number of phenols is 1. The van der Waals surface area contributed by atoms with Gasteiger partial charge in [-0.05, 0) is 24.6 Å². The van der Waals surface area contributed by atoms with Gasteiger partial charge in [-0.15, -0.1) is 10.2 Å². The van der Waals surface area contributed by atoms with E-state index in [1.165, 1.54) is 11.3 Å². The molecule has 108 valence electrons. The first kappa shape index (κ1) is 13.0. The van der Waals surface area contributed by atoms with Crippen molar-refractivity contribution < 1.29 is 9.84 Å². The van der Waals surface area contributed by atoms with E-state index in [1.54, 1.807) is 22.7 Å². The lowest BCUT2D eigenvalue weighted by Gasteiger charge is -2.02. The number of phenolic OH excluding ortho intramolecular Hbond substituents is 1. The van der Waals surface area contributed by atoms with Crippen LogP contribution in [0.5, 0.6) is 5.75 Å². The van der Waals surface area contributed by atoms with Crippen LogP contribution in [0.25, 0.3) is 15.5 Å². The maximum absolute atomic E-state index is 9.97. The molecule has 1 aliphatic heterocycles. The predicted molar refractivity (Wildman–Crippen MR) is 78.9 cm³/mol. The van der Waals surface area contributed by atoms with Crippen LogP contribution in [0.4, 0.5) is 0 Å². The zero-order chi connectivity index (χ0) is 14.4. The zero-order valence-corrected chi connectivity index (χ0v) is 12.4. The molecule has 4 rings (SSSR count). The maximum Gasteiger partial charge on any atom is 0.234 e. The van der Waals surface area contributed by atoms with E-state index in [0.29, 0.717) is 27.2 Å². The topological polar surface area (TPSA) is 72.5 Å². The Kier molecular flexibility index (Phi) is 3.06. The highest BCUT2D eigenvalue weighted by molar-refractivity contribution is 7.19. The van der Waals surface area contributed by atoms with Crippen LogP contribution in [0.15, 0.2) is 18.2 Å². The monoisotopic (exact) mass is 322 g/mol. The Bertz CT molecular complexity index is 810. The van der Waals surface area contributed by atoms with Crippen LogP contribution in [-0.4, -0.2) is 38.1 Å². The van der Waals surface area contributed by atoms with E-state index in [1.807, 2.05) is 0 Å². The molecule has 0 aliphatic carbocycles. The molecule has 0 saturated carbocycles. The summed E-state index contributed by atoms with van der Waals surface area (Å²) in [5.41, 5.74) is 0.603. The Morgan fingerprint density at radius 3 is 3.10 bits per heavy atom. The fraction of sp³-hybridized carbons (Fsp3) is 0.308. The highest BCUT2D eigenvalue weighted by Gasteiger charge is 2.25. The second-order valence-corrected chi connectivity index (χ2v) is 6.27. The average Bonchev–Trinajstić information content (AvgIpc) is 3.15. The molecule has 6 nitrogen and oxygen atoms in total. The van der Waals surface area contributed by atoms with Gasteiger partial charge in [-0.25, -0.2) is 0 Å². The summed E-state index contributed by atoms with van der Waals surface area (Å²) in [6, 6.07) is 4.90. The van der Waals surface area contributed by atoms with Crippen LogP contribution >= 0.6 is 22.9 Å². The summed E-state index contributed by atoms with van der Waals surface area (Å²) < 4.78 is 7.13. The summed E-state index contributed by atoms with van der Waals surface area (Å²) in [7, 11) is 0. The molecule has 1 N–H and O–H groups in total. The third-order valence-electron chi connectivity index (χ3n) is 3.50. The van der Waals surface area contributed by atoms with Crippen LogP contribution in [0.3, 0.4) is 0 Å². The summed E-state index contributed by atoms with van der Waals surface area (Å²) in [6.45, 7) is 1.39. The first-order valence-electron chi connectivity index (χ1n) is 6.51. The molecule has 1 unspecified atom stereocenters. The molecule has 0 spiro atoms. The van der Waals surface area contributed by atoms with E-state index in [4.69, 9.17) is 16.3 Å². The fourth-order valence-electron chi connectivity index (χ4n) is 2.41. The van der Waals surface area contributed by atoms with Gasteiger partial charge >= 0.3 is 0 Å². The number of aromatic hydroxyl groups is 1. The van der Waals surface area contributed by atoms with E-state index in [-0.39, 0.29) is 11.7 Å². The van der Waals surface area contributed by atoms with Gasteiger partial charge in [0.05, 0.1) is 12.2 Å². The van der Waals surface area contributed by atoms with Crippen LogP contribution in [0, 0.1) is 0 Å². The number of halogens is 1. The summed E-state index contributed by atoms with van der Waals surface area (Å²) in [5, 5.41) is 24.1. The normalized spacial score (nSPS) is 18.6. The summed E-state index contributed by atoms with van der Waals surface area (Å²) in [4.78, 5) is 0.700. The van der Waals surface area contributed by atoms with E-state index in [9.17, 15) is 5.11 Å². The van der Waals surface area contributed by atoms with E-state index in [0.717, 1.165) is 18.9 Å². The van der Waals surface area contributed by atoms with Crippen molar-refractivity contribution in [3.05, 3.63) is 29.0 Å². The smallest absolute Gasteiger partial charge is 0.234 e. The number of hydrogen-bond donors (Lipinski definition) is 1. The Hall–Kier alpha value is -1.70. The Morgan fingerprint density at radius 1 is 1.38 bits per heavy atom. The molecule has 1 saturated heterocycles. The molecule has 1 atom stereocenters. The molecular formula is C13H11ClN4O2S. The lowest BCUT2D eigenvalue weighted by molar-refractivity contribution is 0.193. The van der Waals surface area contributed by atoms with Gasteiger partial charge in [0, 0.05) is 17.5 Å². The minimum atomic E-state index is 0.148. The predicted octanol–water partition coefficient (Wildman–Crippen LogP) is 2.72. The highest BCUT2D eigenvalue weighted by atomic mass is 35.5. The third kappa shape index (κ3) is 2.17. The third-order valence-corrected chi connectivity index (χ3v) is 4.67. The minimum Gasteiger partial charge on any atom is -0.507 e. The molecule has 1 aliphatic rings. The number of hydrogen-bond acceptors (Lipinski definition) is 6. The average molecular weight is 323 g/mol. The van der Waals surface area contributed by atoms with Crippen LogP contribution in [0.2, 0.25) is 5.02 Å². The summed E-state index contributed by atoms with van der Waals surface area (Å²) in [5.74, 6) is 1.18. The highest BCUT2D eigenvalue weighted by Crippen LogP contribution is 2.35. The molecule has 0 bridgehead atoms. The number of fused-ring (bicyclic) bond motifs is 1. The lowest BCUT2D eigenvalue weighted by atomic mass is 10.1. The minimum absolute atomic E-state index is 0.148. The fourth-order valence-corrected chi connectivity index (χ4v) is 3.46. The quantitative estimate of drug-likeness (QED) is 0.785. The Morgan fingerprint density at radius 2 is 2.29 bits per heavy atom. The van der Waals surface area contributed by atoms with Crippen molar-refractivity contribution >= 4 is 27.9 Å². The standard InChI is InChI=1S/C13H11ClN4O2S/c14-8-1-2-10(19)9(5-8)12-17-18-11(7-3-4-20-6-7)15-16-13(18)21-12/h1-2,5,7,19H,3-4,6H2. The maximum atomic E-state index is 9.97. The van der Waals surface area contributed by atoms with Gasteiger partial charge in [0.15, 0.2) is 10.8 Å². The van der Waals surface area contributed by atoms with Gasteiger partial charge in [0.2, 0.25) is 4.96 Å². The van der Waals surface area contributed by atoms with Crippen molar-refractivity contribution in [3.63, 3.8) is 0 Å². The summed E-state index contributed by atoms with van der Waals surface area (Å²) in [6.07, 6.45) is 0.927. The zero-order valence-electron chi connectivity index (χ0n) is 10.9. The van der Waals surface area contributed by atoms with Crippen molar-refractivity contribution in [1.29, 1.82) is 0 Å². The molecule has 1 aromatic carbocycles. The first-order chi connectivity index (χ1) is 10.2. The molecule has 2 aromatic heterocycles. The molecule has 3 aromatic rings. The van der Waals surface area contributed by atoms with E-state index >= 15 is 0 Å². The van der Waals surface area contributed by atoms with Crippen molar-refractivity contribution in [2.24, 2.45) is 0 Å². The number of aromatic nitrogens is 4. The van der Waals surface area contributed by atoms with E-state index in [2.05, 4.69) is 15.3 Å². The van der Waals surface area contributed by atoms with Gasteiger partial charge in [0.1, 0.15) is 5.75 Å². The van der Waals surface area contributed by atoms with Crippen molar-refractivity contribution in [2.75, 3.05) is 13.2 Å². The molecular weight excluding hydrogens is 312 g/mol. The Labute approximate surface area is 129 Å². The van der Waals surface area contributed by atoms with Crippen LogP contribution in [0.1, 0.15) is 18.2 Å². The van der Waals surface area contributed by atoms with Gasteiger partial charge in [0.25, 0.3) is 0 Å². The Balaban J connectivity index is 1.82. The number of nitrogens with zero attached hydrogens (tertiary/aromatic N) is 4. The second kappa shape index (κ2) is 4.94. The molecule has 21 heavy (non-hydrogen) atoms. The molecule has 3 heterocycles. The van der Waals surface area contributed by atoms with Crippen LogP contribution in [-0.2, 0) is 4.74 Å². The molecule has 8 heteroatoms. The van der Waals surface area contributed by atoms with Crippen molar-refractivity contribution in [1.82, 2.24) is 19.8 Å². The largest absolute Gasteiger partial charge is 0.507 e. The number of rotatable bonds is 2. The number of ether oxygens (including phenoxy) is 1. The van der Waals surface area contributed by atoms with Gasteiger partial charge in [-0.3, -0.25) is 0 Å². The summed E-state index contributed by atoms with van der Waals surface area (Å²) >= 11 is 7.36.